The van der Waals surface area contributed by atoms with Gasteiger partial charge in [-0.2, -0.15) is 0 Å². The van der Waals surface area contributed by atoms with Gasteiger partial charge >= 0.3 is 0 Å². The minimum absolute atomic E-state index is 0.491. The maximum Gasteiger partial charge on any atom is 0.119 e. The molecule has 0 saturated heterocycles. The first-order valence-corrected chi connectivity index (χ1v) is 8.49. The Morgan fingerprint density at radius 1 is 1.14 bits per heavy atom. The molecule has 1 saturated carbocycles. The van der Waals surface area contributed by atoms with E-state index in [2.05, 4.69) is 32.0 Å². The molecule has 3 aliphatic rings. The summed E-state index contributed by atoms with van der Waals surface area (Å²) in [5, 5.41) is 0. The van der Waals surface area contributed by atoms with Crippen molar-refractivity contribution in [3.05, 3.63) is 40.5 Å². The maximum atomic E-state index is 5.41. The first-order chi connectivity index (χ1) is 10.1. The molecular formula is C20H26O. The van der Waals surface area contributed by atoms with Crippen LogP contribution in [-0.2, 0) is 6.42 Å². The minimum atomic E-state index is 0.491. The number of allylic oxidation sites excluding steroid dienone is 2. The summed E-state index contributed by atoms with van der Waals surface area (Å²) in [6.45, 7) is 4.94. The van der Waals surface area contributed by atoms with Crippen LogP contribution in [0.5, 0.6) is 5.75 Å². The van der Waals surface area contributed by atoms with Crippen LogP contribution in [0.25, 0.3) is 0 Å². The van der Waals surface area contributed by atoms with Gasteiger partial charge in [0.2, 0.25) is 0 Å². The van der Waals surface area contributed by atoms with Crippen LogP contribution in [0.3, 0.4) is 0 Å². The molecule has 4 rings (SSSR count). The van der Waals surface area contributed by atoms with Crippen LogP contribution in [0.4, 0.5) is 0 Å². The van der Waals surface area contributed by atoms with Crippen LogP contribution in [0.1, 0.15) is 63.0 Å². The number of rotatable bonds is 1. The highest BCUT2D eigenvalue weighted by Gasteiger charge is 2.49. The number of hydrogen-bond donors (Lipinski definition) is 0. The SMILES string of the molecule is COc1ccc2c(c1)CCC1C2CCC2=C(C)CC[C@]21C. The Balaban J connectivity index is 1.74. The van der Waals surface area contributed by atoms with Crippen LogP contribution >= 0.6 is 0 Å². The van der Waals surface area contributed by atoms with Gasteiger partial charge in [0, 0.05) is 0 Å². The molecule has 0 N–H and O–H groups in total. The second-order valence-corrected chi connectivity index (χ2v) is 7.53. The number of hydrogen-bond acceptors (Lipinski definition) is 1. The van der Waals surface area contributed by atoms with Crippen molar-refractivity contribution < 1.29 is 4.74 Å². The van der Waals surface area contributed by atoms with Crippen molar-refractivity contribution in [1.29, 1.82) is 0 Å². The lowest BCUT2D eigenvalue weighted by atomic mass is 9.55. The van der Waals surface area contributed by atoms with E-state index in [0.29, 0.717) is 5.41 Å². The number of benzene rings is 1. The molecule has 0 aromatic heterocycles. The van der Waals surface area contributed by atoms with Crippen molar-refractivity contribution in [3.63, 3.8) is 0 Å². The monoisotopic (exact) mass is 282 g/mol. The van der Waals surface area contributed by atoms with Crippen LogP contribution in [0, 0.1) is 11.3 Å². The van der Waals surface area contributed by atoms with E-state index < -0.39 is 0 Å². The van der Waals surface area contributed by atoms with E-state index in [1.807, 2.05) is 5.57 Å². The van der Waals surface area contributed by atoms with Gasteiger partial charge in [-0.05, 0) is 86.0 Å². The molecule has 3 atom stereocenters. The molecule has 1 fully saturated rings. The third-order valence-electron chi connectivity index (χ3n) is 6.71. The smallest absolute Gasteiger partial charge is 0.119 e. The van der Waals surface area contributed by atoms with Crippen LogP contribution < -0.4 is 4.74 Å². The van der Waals surface area contributed by atoms with Gasteiger partial charge in [-0.15, -0.1) is 0 Å². The Morgan fingerprint density at radius 2 is 2.00 bits per heavy atom. The molecule has 0 spiro atoms. The molecule has 0 heterocycles. The summed E-state index contributed by atoms with van der Waals surface area (Å²) in [5.74, 6) is 2.66. The zero-order valence-electron chi connectivity index (χ0n) is 13.5. The van der Waals surface area contributed by atoms with E-state index in [4.69, 9.17) is 4.74 Å². The van der Waals surface area contributed by atoms with Crippen molar-refractivity contribution in [3.8, 4) is 5.75 Å². The maximum absolute atomic E-state index is 5.41. The first-order valence-electron chi connectivity index (χ1n) is 8.49. The summed E-state index contributed by atoms with van der Waals surface area (Å²) in [7, 11) is 1.77. The predicted molar refractivity (Wildman–Crippen MR) is 86.8 cm³/mol. The molecule has 21 heavy (non-hydrogen) atoms. The van der Waals surface area contributed by atoms with Crippen LogP contribution in [0.15, 0.2) is 29.3 Å². The fraction of sp³-hybridized carbons (Fsp3) is 0.600. The highest BCUT2D eigenvalue weighted by molar-refractivity contribution is 5.43. The molecule has 0 bridgehead atoms. The van der Waals surface area contributed by atoms with Crippen molar-refractivity contribution in [1.82, 2.24) is 0 Å². The van der Waals surface area contributed by atoms with Gasteiger partial charge in [-0.3, -0.25) is 0 Å². The Bertz CT molecular complexity index is 612. The molecule has 3 aliphatic carbocycles. The number of methoxy groups -OCH3 is 1. The second-order valence-electron chi connectivity index (χ2n) is 7.53. The molecule has 1 heteroatoms. The summed E-state index contributed by atoms with van der Waals surface area (Å²) in [6.07, 6.45) is 8.00. The molecule has 1 aromatic carbocycles. The molecule has 0 radical (unpaired) electrons. The van der Waals surface area contributed by atoms with Gasteiger partial charge in [0.1, 0.15) is 5.75 Å². The summed E-state index contributed by atoms with van der Waals surface area (Å²) >= 11 is 0. The highest BCUT2D eigenvalue weighted by Crippen LogP contribution is 2.61. The normalized spacial score (nSPS) is 34.2. The zero-order valence-corrected chi connectivity index (χ0v) is 13.5. The highest BCUT2D eigenvalue weighted by atomic mass is 16.5. The van der Waals surface area contributed by atoms with Crippen molar-refractivity contribution >= 4 is 0 Å². The Kier molecular flexibility index (Phi) is 2.96. The summed E-state index contributed by atoms with van der Waals surface area (Å²) in [6, 6.07) is 6.79. The fourth-order valence-electron chi connectivity index (χ4n) is 5.58. The van der Waals surface area contributed by atoms with E-state index >= 15 is 0 Å². The second kappa shape index (κ2) is 4.63. The summed E-state index contributed by atoms with van der Waals surface area (Å²) in [4.78, 5) is 0. The predicted octanol–water partition coefficient (Wildman–Crippen LogP) is 5.25. The minimum Gasteiger partial charge on any atom is -0.497 e. The van der Waals surface area contributed by atoms with Gasteiger partial charge in [-0.25, -0.2) is 0 Å². The molecular weight excluding hydrogens is 256 g/mol. The van der Waals surface area contributed by atoms with Crippen molar-refractivity contribution in [2.45, 2.75) is 58.3 Å². The summed E-state index contributed by atoms with van der Waals surface area (Å²) < 4.78 is 5.41. The third-order valence-corrected chi connectivity index (χ3v) is 6.71. The average Bonchev–Trinajstić information content (AvgIpc) is 2.82. The summed E-state index contributed by atoms with van der Waals surface area (Å²) in [5.41, 5.74) is 7.18. The average molecular weight is 282 g/mol. The Hall–Kier alpha value is -1.24. The molecule has 1 aromatic rings. The van der Waals surface area contributed by atoms with Crippen LogP contribution in [-0.4, -0.2) is 7.11 Å². The number of fused-ring (bicyclic) bond motifs is 5. The third kappa shape index (κ3) is 1.82. The van der Waals surface area contributed by atoms with E-state index in [0.717, 1.165) is 17.6 Å². The Morgan fingerprint density at radius 3 is 2.81 bits per heavy atom. The van der Waals surface area contributed by atoms with Gasteiger partial charge < -0.3 is 4.74 Å². The van der Waals surface area contributed by atoms with Gasteiger partial charge in [-0.1, -0.05) is 24.1 Å². The quantitative estimate of drug-likeness (QED) is 0.639. The van der Waals surface area contributed by atoms with Crippen molar-refractivity contribution in [2.75, 3.05) is 7.11 Å². The topological polar surface area (TPSA) is 9.23 Å². The molecule has 2 unspecified atom stereocenters. The van der Waals surface area contributed by atoms with E-state index in [1.54, 1.807) is 23.8 Å². The van der Waals surface area contributed by atoms with Crippen molar-refractivity contribution in [2.24, 2.45) is 11.3 Å². The lowest BCUT2D eigenvalue weighted by Crippen LogP contribution is -2.38. The largest absolute Gasteiger partial charge is 0.497 e. The van der Waals surface area contributed by atoms with Crippen LogP contribution in [0.2, 0.25) is 0 Å². The molecule has 112 valence electrons. The van der Waals surface area contributed by atoms with E-state index in [-0.39, 0.29) is 0 Å². The molecule has 1 nitrogen and oxygen atoms in total. The van der Waals surface area contributed by atoms with E-state index in [1.165, 1.54) is 38.5 Å². The van der Waals surface area contributed by atoms with Gasteiger partial charge in [0.15, 0.2) is 0 Å². The lowest BCUT2D eigenvalue weighted by molar-refractivity contribution is 0.137. The fourth-order valence-corrected chi connectivity index (χ4v) is 5.58. The zero-order chi connectivity index (χ0) is 14.6. The number of aryl methyl sites for hydroxylation is 1. The van der Waals surface area contributed by atoms with Gasteiger partial charge in [0.05, 0.1) is 7.11 Å². The standard InChI is InChI=1S/C20H26O/c1-13-10-11-20(2)18(13)9-7-17-16-6-5-15(21-3)12-14(16)4-8-19(17)20/h5-6,12,17,19H,4,7-11H2,1-3H3/t17?,19?,20-/m1/s1. The lowest BCUT2D eigenvalue weighted by Gasteiger charge is -2.49. The number of ether oxygens (including phenoxy) is 1. The molecule has 0 amide bonds. The first kappa shape index (κ1) is 13.4. The van der Waals surface area contributed by atoms with E-state index in [9.17, 15) is 0 Å². The van der Waals surface area contributed by atoms with Gasteiger partial charge in [0.25, 0.3) is 0 Å². The Labute approximate surface area is 128 Å². The molecule has 0 aliphatic heterocycles.